The highest BCUT2D eigenvalue weighted by Gasteiger charge is 2.19. The summed E-state index contributed by atoms with van der Waals surface area (Å²) in [5, 5.41) is 9.66. The van der Waals surface area contributed by atoms with Gasteiger partial charge in [-0.25, -0.2) is 8.42 Å². The Labute approximate surface area is 106 Å². The lowest BCUT2D eigenvalue weighted by Gasteiger charge is -2.10. The minimum Gasteiger partial charge on any atom is -0.505 e. The molecule has 0 fully saturated rings. The molecule has 100 valence electrons. The van der Waals surface area contributed by atoms with E-state index in [0.717, 1.165) is 0 Å². The molecule has 0 radical (unpaired) electrons. The highest BCUT2D eigenvalue weighted by atomic mass is 32.2. The average Bonchev–Trinajstić information content (AvgIpc) is 2.24. The van der Waals surface area contributed by atoms with Gasteiger partial charge in [0.15, 0.2) is 5.75 Å². The van der Waals surface area contributed by atoms with Crippen molar-refractivity contribution in [3.63, 3.8) is 0 Å². The predicted octanol–water partition coefficient (Wildman–Crippen LogP) is 1.01. The molecule has 0 aliphatic heterocycles. The summed E-state index contributed by atoms with van der Waals surface area (Å²) in [7, 11) is -3.88. The molecular formula is C11H15NO5S. The van der Waals surface area contributed by atoms with E-state index in [-0.39, 0.29) is 18.0 Å². The number of ether oxygens (including phenoxy) is 1. The number of sulfonamides is 1. The second-order valence-electron chi connectivity index (χ2n) is 3.64. The summed E-state index contributed by atoms with van der Waals surface area (Å²) in [6, 6.07) is 4.64. The maximum absolute atomic E-state index is 11.6. The molecule has 1 rings (SSSR count). The van der Waals surface area contributed by atoms with Crippen molar-refractivity contribution < 1.29 is 23.1 Å². The van der Waals surface area contributed by atoms with E-state index < -0.39 is 21.7 Å². The molecule has 1 aromatic carbocycles. The van der Waals surface area contributed by atoms with E-state index in [9.17, 15) is 18.3 Å². The Hall–Kier alpha value is -1.76. The molecule has 0 heterocycles. The smallest absolute Gasteiger partial charge is 0.323 e. The quantitative estimate of drug-likeness (QED) is 0.617. The maximum atomic E-state index is 11.6. The Kier molecular flexibility index (Phi) is 4.55. The fraction of sp³-hybridized carbons (Fsp3) is 0.364. The van der Waals surface area contributed by atoms with Gasteiger partial charge in [0.1, 0.15) is 5.75 Å². The number of para-hydroxylation sites is 1. The van der Waals surface area contributed by atoms with E-state index in [4.69, 9.17) is 0 Å². The molecule has 0 amide bonds. The van der Waals surface area contributed by atoms with E-state index in [1.807, 2.05) is 0 Å². The van der Waals surface area contributed by atoms with Crippen molar-refractivity contribution in [3.8, 4) is 5.75 Å². The predicted molar refractivity (Wildman–Crippen MR) is 66.9 cm³/mol. The summed E-state index contributed by atoms with van der Waals surface area (Å²) in [4.78, 5) is 11.1. The first-order chi connectivity index (χ1) is 8.35. The van der Waals surface area contributed by atoms with Gasteiger partial charge in [0.05, 0.1) is 12.3 Å². The lowest BCUT2D eigenvalue weighted by Crippen LogP contribution is -2.24. The maximum Gasteiger partial charge on any atom is 0.323 e. The van der Waals surface area contributed by atoms with Crippen LogP contribution in [0.2, 0.25) is 0 Å². The largest absolute Gasteiger partial charge is 0.505 e. The lowest BCUT2D eigenvalue weighted by molar-refractivity contribution is -0.139. The monoisotopic (exact) mass is 273 g/mol. The molecule has 6 nitrogen and oxygen atoms in total. The van der Waals surface area contributed by atoms with Crippen LogP contribution >= 0.6 is 0 Å². The summed E-state index contributed by atoms with van der Waals surface area (Å²) in [5.41, 5.74) is 0.575. The van der Waals surface area contributed by atoms with Crippen LogP contribution in [-0.4, -0.2) is 31.9 Å². The summed E-state index contributed by atoms with van der Waals surface area (Å²) in [6.45, 7) is 3.34. The molecule has 0 unspecified atom stereocenters. The summed E-state index contributed by atoms with van der Waals surface area (Å²) in [5.74, 6) is -1.78. The Balaban J connectivity index is 2.83. The molecule has 0 aromatic heterocycles. The third-order valence-corrected chi connectivity index (χ3v) is 3.26. The van der Waals surface area contributed by atoms with Gasteiger partial charge in [-0.1, -0.05) is 12.1 Å². The Morgan fingerprint density at radius 3 is 2.72 bits per heavy atom. The van der Waals surface area contributed by atoms with Crippen LogP contribution < -0.4 is 4.72 Å². The average molecular weight is 273 g/mol. The number of phenolic OH excluding ortho intramolecular Hbond substituents is 1. The van der Waals surface area contributed by atoms with E-state index in [0.29, 0.717) is 5.56 Å². The number of benzene rings is 1. The molecular weight excluding hydrogens is 258 g/mol. The number of esters is 1. The van der Waals surface area contributed by atoms with Gasteiger partial charge in [-0.15, -0.1) is 0 Å². The molecule has 0 saturated heterocycles. The number of aryl methyl sites for hydroxylation is 1. The molecule has 18 heavy (non-hydrogen) atoms. The Morgan fingerprint density at radius 1 is 1.44 bits per heavy atom. The van der Waals surface area contributed by atoms with Gasteiger partial charge in [0, 0.05) is 0 Å². The van der Waals surface area contributed by atoms with Crippen molar-refractivity contribution in [1.29, 1.82) is 0 Å². The number of hydrogen-bond donors (Lipinski definition) is 2. The van der Waals surface area contributed by atoms with Gasteiger partial charge in [0.25, 0.3) is 0 Å². The number of aromatic hydroxyl groups is 1. The summed E-state index contributed by atoms with van der Waals surface area (Å²) < 4.78 is 29.9. The SMILES string of the molecule is CCOC(=O)CS(=O)(=O)Nc1cccc(C)c1O. The second kappa shape index (κ2) is 5.72. The van der Waals surface area contributed by atoms with Gasteiger partial charge in [-0.2, -0.15) is 0 Å². The van der Waals surface area contributed by atoms with Gasteiger partial charge >= 0.3 is 5.97 Å². The van der Waals surface area contributed by atoms with Crippen LogP contribution in [0.15, 0.2) is 18.2 Å². The van der Waals surface area contributed by atoms with Crippen LogP contribution in [0.25, 0.3) is 0 Å². The lowest BCUT2D eigenvalue weighted by atomic mass is 10.2. The number of phenols is 1. The van der Waals surface area contributed by atoms with Gasteiger partial charge in [-0.05, 0) is 25.5 Å². The number of anilines is 1. The van der Waals surface area contributed by atoms with Crippen molar-refractivity contribution >= 4 is 21.7 Å². The molecule has 2 N–H and O–H groups in total. The van der Waals surface area contributed by atoms with Crippen LogP contribution in [-0.2, 0) is 19.6 Å². The topological polar surface area (TPSA) is 92.7 Å². The number of nitrogens with one attached hydrogen (secondary N) is 1. The van der Waals surface area contributed by atoms with Crippen LogP contribution in [0.3, 0.4) is 0 Å². The number of carbonyl (C=O) groups excluding carboxylic acids is 1. The van der Waals surface area contributed by atoms with E-state index >= 15 is 0 Å². The molecule has 0 saturated carbocycles. The normalized spacial score (nSPS) is 11.0. The van der Waals surface area contributed by atoms with Crippen molar-refractivity contribution in [2.24, 2.45) is 0 Å². The number of rotatable bonds is 5. The first-order valence-corrected chi connectivity index (χ1v) is 6.95. The molecule has 0 atom stereocenters. The summed E-state index contributed by atoms with van der Waals surface area (Å²) in [6.07, 6.45) is 0. The minimum absolute atomic E-state index is 0.0410. The highest BCUT2D eigenvalue weighted by Crippen LogP contribution is 2.27. The summed E-state index contributed by atoms with van der Waals surface area (Å²) >= 11 is 0. The molecule has 1 aromatic rings. The van der Waals surface area contributed by atoms with Crippen LogP contribution in [0, 0.1) is 6.92 Å². The number of carbonyl (C=O) groups is 1. The zero-order chi connectivity index (χ0) is 13.8. The Morgan fingerprint density at radius 2 is 2.11 bits per heavy atom. The zero-order valence-electron chi connectivity index (χ0n) is 10.1. The van der Waals surface area contributed by atoms with Gasteiger partial charge in [0.2, 0.25) is 10.0 Å². The highest BCUT2D eigenvalue weighted by molar-refractivity contribution is 7.93. The zero-order valence-corrected chi connectivity index (χ0v) is 11.0. The molecule has 0 spiro atoms. The second-order valence-corrected chi connectivity index (χ2v) is 5.36. The van der Waals surface area contributed by atoms with Crippen molar-refractivity contribution in [1.82, 2.24) is 0 Å². The van der Waals surface area contributed by atoms with Gasteiger partial charge in [-0.3, -0.25) is 9.52 Å². The first kappa shape index (κ1) is 14.3. The fourth-order valence-corrected chi connectivity index (χ4v) is 2.27. The molecule has 0 bridgehead atoms. The third-order valence-electron chi connectivity index (χ3n) is 2.12. The standard InChI is InChI=1S/C11H15NO5S/c1-3-17-10(13)7-18(15,16)12-9-6-4-5-8(2)11(9)14/h4-6,12,14H,3,7H2,1-2H3. The fourth-order valence-electron chi connectivity index (χ4n) is 1.30. The van der Waals surface area contributed by atoms with Crippen LogP contribution in [0.4, 0.5) is 5.69 Å². The molecule has 0 aliphatic rings. The van der Waals surface area contributed by atoms with Crippen molar-refractivity contribution in [2.45, 2.75) is 13.8 Å². The molecule has 7 heteroatoms. The van der Waals surface area contributed by atoms with Crippen LogP contribution in [0.1, 0.15) is 12.5 Å². The third kappa shape index (κ3) is 3.92. The number of hydrogen-bond acceptors (Lipinski definition) is 5. The van der Waals surface area contributed by atoms with Crippen LogP contribution in [0.5, 0.6) is 5.75 Å². The first-order valence-electron chi connectivity index (χ1n) is 5.30. The molecule has 0 aliphatic carbocycles. The van der Waals surface area contributed by atoms with E-state index in [1.165, 1.54) is 6.07 Å². The van der Waals surface area contributed by atoms with E-state index in [1.54, 1.807) is 26.0 Å². The Bertz CT molecular complexity index is 538. The minimum atomic E-state index is -3.88. The van der Waals surface area contributed by atoms with Gasteiger partial charge < -0.3 is 9.84 Å². The van der Waals surface area contributed by atoms with E-state index in [2.05, 4.69) is 9.46 Å². The van der Waals surface area contributed by atoms with Crippen molar-refractivity contribution in [3.05, 3.63) is 23.8 Å². The van der Waals surface area contributed by atoms with Crippen molar-refractivity contribution in [2.75, 3.05) is 17.1 Å².